The van der Waals surface area contributed by atoms with Crippen molar-refractivity contribution in [3.63, 3.8) is 0 Å². The van der Waals surface area contributed by atoms with E-state index in [0.29, 0.717) is 5.41 Å². The van der Waals surface area contributed by atoms with Crippen molar-refractivity contribution in [3.8, 4) is 0 Å². The van der Waals surface area contributed by atoms with Crippen LogP contribution >= 0.6 is 0 Å². The maximum Gasteiger partial charge on any atom is 0.141 e. The first-order valence-corrected chi connectivity index (χ1v) is 8.07. The Labute approximate surface area is 127 Å². The lowest BCUT2D eigenvalue weighted by molar-refractivity contribution is 0.273. The summed E-state index contributed by atoms with van der Waals surface area (Å²) >= 11 is 0. The Balaban J connectivity index is 1.92. The molecule has 3 nitrogen and oxygen atoms in total. The minimum atomic E-state index is -0.269. The molecule has 1 atom stereocenters. The van der Waals surface area contributed by atoms with Gasteiger partial charge in [-0.25, -0.2) is 4.39 Å². The highest BCUT2D eigenvalue weighted by atomic mass is 19.1. The number of nitrogens with zero attached hydrogens (tertiary/aromatic N) is 2. The van der Waals surface area contributed by atoms with Gasteiger partial charge < -0.3 is 10.2 Å². The second-order valence-electron chi connectivity index (χ2n) is 6.89. The largest absolute Gasteiger partial charge is 0.309 e. The number of hydrogen-bond acceptors (Lipinski definition) is 3. The zero-order valence-electron chi connectivity index (χ0n) is 13.5. The standard InChI is InChI=1S/C17H28FN3/c1-4-9-19-16(15-6-5-14(18)12-20-15)7-10-21-11-8-17(2,3)13-21/h5-6,12,16,19H,4,7-11,13H2,1-3H3. The van der Waals surface area contributed by atoms with Crippen LogP contribution in [0, 0.1) is 11.2 Å². The molecular formula is C17H28FN3. The number of aromatic nitrogens is 1. The highest BCUT2D eigenvalue weighted by Crippen LogP contribution is 2.29. The van der Waals surface area contributed by atoms with Crippen LogP contribution in [0.4, 0.5) is 4.39 Å². The Morgan fingerprint density at radius 2 is 2.24 bits per heavy atom. The number of pyridine rings is 1. The van der Waals surface area contributed by atoms with E-state index in [1.807, 2.05) is 0 Å². The van der Waals surface area contributed by atoms with Crippen molar-refractivity contribution in [2.24, 2.45) is 5.41 Å². The van der Waals surface area contributed by atoms with Gasteiger partial charge in [0.05, 0.1) is 17.9 Å². The molecule has 1 unspecified atom stereocenters. The molecule has 4 heteroatoms. The zero-order chi connectivity index (χ0) is 15.3. The smallest absolute Gasteiger partial charge is 0.141 e. The van der Waals surface area contributed by atoms with E-state index < -0.39 is 0 Å². The van der Waals surface area contributed by atoms with Crippen molar-refractivity contribution in [2.45, 2.75) is 46.1 Å². The molecule has 2 rings (SSSR count). The van der Waals surface area contributed by atoms with Crippen molar-refractivity contribution >= 4 is 0 Å². The molecule has 1 fully saturated rings. The zero-order valence-corrected chi connectivity index (χ0v) is 13.5. The molecule has 1 aliphatic rings. The molecular weight excluding hydrogens is 265 g/mol. The van der Waals surface area contributed by atoms with Gasteiger partial charge in [-0.05, 0) is 49.9 Å². The molecule has 1 saturated heterocycles. The topological polar surface area (TPSA) is 28.2 Å². The molecule has 1 aromatic heterocycles. The molecule has 1 aromatic rings. The Bertz CT molecular complexity index is 430. The van der Waals surface area contributed by atoms with Crippen LogP contribution in [0.5, 0.6) is 0 Å². The first kappa shape index (κ1) is 16.4. The summed E-state index contributed by atoms with van der Waals surface area (Å²) in [5.41, 5.74) is 1.39. The van der Waals surface area contributed by atoms with E-state index >= 15 is 0 Å². The van der Waals surface area contributed by atoms with Crippen molar-refractivity contribution in [1.29, 1.82) is 0 Å². The molecule has 0 aromatic carbocycles. The Hall–Kier alpha value is -1.00. The van der Waals surface area contributed by atoms with Crippen LogP contribution < -0.4 is 5.32 Å². The van der Waals surface area contributed by atoms with Crippen LogP contribution in [0.1, 0.15) is 51.8 Å². The second kappa shape index (κ2) is 7.32. The summed E-state index contributed by atoms with van der Waals surface area (Å²) in [4.78, 5) is 6.78. The fourth-order valence-electron chi connectivity index (χ4n) is 2.99. The third-order valence-corrected chi connectivity index (χ3v) is 4.24. The summed E-state index contributed by atoms with van der Waals surface area (Å²) in [7, 11) is 0. The maximum atomic E-state index is 13.0. The number of halogens is 1. The molecule has 0 radical (unpaired) electrons. The van der Waals surface area contributed by atoms with Gasteiger partial charge in [0.25, 0.3) is 0 Å². The summed E-state index contributed by atoms with van der Waals surface area (Å²) in [5, 5.41) is 3.54. The number of rotatable bonds is 7. The predicted molar refractivity (Wildman–Crippen MR) is 84.7 cm³/mol. The average molecular weight is 293 g/mol. The SMILES string of the molecule is CCCNC(CCN1CCC(C)(C)C1)c1ccc(F)cn1. The minimum Gasteiger partial charge on any atom is -0.309 e. The number of hydrogen-bond donors (Lipinski definition) is 1. The normalized spacial score (nSPS) is 19.8. The van der Waals surface area contributed by atoms with E-state index in [4.69, 9.17) is 0 Å². The van der Waals surface area contributed by atoms with Crippen LogP contribution in [-0.2, 0) is 0 Å². The second-order valence-corrected chi connectivity index (χ2v) is 6.89. The monoisotopic (exact) mass is 293 g/mol. The highest BCUT2D eigenvalue weighted by molar-refractivity contribution is 5.10. The van der Waals surface area contributed by atoms with E-state index in [0.717, 1.165) is 31.6 Å². The van der Waals surface area contributed by atoms with Crippen LogP contribution in [0.15, 0.2) is 18.3 Å². The first-order valence-electron chi connectivity index (χ1n) is 8.07. The van der Waals surface area contributed by atoms with E-state index in [-0.39, 0.29) is 11.9 Å². The summed E-state index contributed by atoms with van der Waals surface area (Å²) < 4.78 is 13.0. The summed E-state index contributed by atoms with van der Waals surface area (Å²) in [6, 6.07) is 3.52. The van der Waals surface area contributed by atoms with Gasteiger partial charge >= 0.3 is 0 Å². The fraction of sp³-hybridized carbons (Fsp3) is 0.706. The van der Waals surface area contributed by atoms with E-state index in [1.165, 1.54) is 31.8 Å². The van der Waals surface area contributed by atoms with Crippen LogP contribution in [0.3, 0.4) is 0 Å². The number of likely N-dealkylation sites (tertiary alicyclic amines) is 1. The molecule has 0 aliphatic carbocycles. The molecule has 1 N–H and O–H groups in total. The van der Waals surface area contributed by atoms with Gasteiger partial charge in [-0.3, -0.25) is 4.98 Å². The third kappa shape index (κ3) is 5.04. The lowest BCUT2D eigenvalue weighted by Gasteiger charge is -2.23. The van der Waals surface area contributed by atoms with Crippen molar-refractivity contribution in [2.75, 3.05) is 26.2 Å². The summed E-state index contributed by atoms with van der Waals surface area (Å²) in [5.74, 6) is -0.269. The highest BCUT2D eigenvalue weighted by Gasteiger charge is 2.29. The van der Waals surface area contributed by atoms with Crippen LogP contribution in [0.25, 0.3) is 0 Å². The lowest BCUT2D eigenvalue weighted by atomic mass is 9.93. The van der Waals surface area contributed by atoms with Gasteiger partial charge in [0, 0.05) is 13.1 Å². The van der Waals surface area contributed by atoms with E-state index in [9.17, 15) is 4.39 Å². The van der Waals surface area contributed by atoms with Crippen molar-refractivity contribution in [1.82, 2.24) is 15.2 Å². The molecule has 0 spiro atoms. The van der Waals surface area contributed by atoms with Gasteiger partial charge in [-0.1, -0.05) is 20.8 Å². The summed E-state index contributed by atoms with van der Waals surface area (Å²) in [6.45, 7) is 11.2. The Morgan fingerprint density at radius 1 is 1.43 bits per heavy atom. The van der Waals surface area contributed by atoms with E-state index in [2.05, 4.69) is 36.0 Å². The van der Waals surface area contributed by atoms with Crippen LogP contribution in [-0.4, -0.2) is 36.1 Å². The molecule has 21 heavy (non-hydrogen) atoms. The van der Waals surface area contributed by atoms with Gasteiger partial charge in [0.1, 0.15) is 5.82 Å². The van der Waals surface area contributed by atoms with Crippen LogP contribution in [0.2, 0.25) is 0 Å². The van der Waals surface area contributed by atoms with Gasteiger partial charge in [0.15, 0.2) is 0 Å². The van der Waals surface area contributed by atoms with Gasteiger partial charge in [-0.2, -0.15) is 0 Å². The predicted octanol–water partition coefficient (Wildman–Crippen LogP) is 3.38. The molecule has 0 amide bonds. The molecule has 118 valence electrons. The average Bonchev–Trinajstić information content (AvgIpc) is 2.80. The van der Waals surface area contributed by atoms with E-state index in [1.54, 1.807) is 6.07 Å². The van der Waals surface area contributed by atoms with Gasteiger partial charge in [0.2, 0.25) is 0 Å². The quantitative estimate of drug-likeness (QED) is 0.835. The Kier molecular flexibility index (Phi) is 5.71. The maximum absolute atomic E-state index is 13.0. The van der Waals surface area contributed by atoms with Crippen molar-refractivity contribution in [3.05, 3.63) is 29.8 Å². The van der Waals surface area contributed by atoms with Gasteiger partial charge in [-0.15, -0.1) is 0 Å². The first-order chi connectivity index (χ1) is 10.00. The molecule has 2 heterocycles. The molecule has 0 bridgehead atoms. The lowest BCUT2D eigenvalue weighted by Crippen LogP contribution is -2.30. The summed E-state index contributed by atoms with van der Waals surface area (Å²) in [6.07, 6.45) is 4.70. The molecule has 1 aliphatic heterocycles. The fourth-order valence-corrected chi connectivity index (χ4v) is 2.99. The third-order valence-electron chi connectivity index (χ3n) is 4.24. The number of nitrogens with one attached hydrogen (secondary N) is 1. The minimum absolute atomic E-state index is 0.217. The van der Waals surface area contributed by atoms with Crippen molar-refractivity contribution < 1.29 is 4.39 Å². The Morgan fingerprint density at radius 3 is 2.81 bits per heavy atom. The molecule has 0 saturated carbocycles.